The van der Waals surface area contributed by atoms with Crippen molar-refractivity contribution in [2.75, 3.05) is 13.1 Å². The fraction of sp³-hybridized carbons (Fsp3) is 0.765. The normalized spacial score (nSPS) is 22.8. The van der Waals surface area contributed by atoms with E-state index < -0.39 is 17.6 Å². The zero-order valence-electron chi connectivity index (χ0n) is 15.0. The molecule has 8 heteroatoms. The first-order valence-electron chi connectivity index (χ1n) is 8.75. The van der Waals surface area contributed by atoms with Gasteiger partial charge in [-0.05, 0) is 39.7 Å². The Hall–Kier alpha value is -1.70. The van der Waals surface area contributed by atoms with Gasteiger partial charge in [-0.15, -0.1) is 0 Å². The number of hydrogen-bond donors (Lipinski definition) is 1. The number of nitrogens with two attached hydrogens (primary N) is 1. The van der Waals surface area contributed by atoms with Gasteiger partial charge in [0.25, 0.3) is 5.92 Å². The van der Waals surface area contributed by atoms with Gasteiger partial charge in [0.1, 0.15) is 11.3 Å². The maximum absolute atomic E-state index is 14.8. The van der Waals surface area contributed by atoms with Crippen LogP contribution in [-0.2, 0) is 30.2 Å². The van der Waals surface area contributed by atoms with E-state index in [1.807, 2.05) is 0 Å². The van der Waals surface area contributed by atoms with Crippen molar-refractivity contribution >= 4 is 6.09 Å². The van der Waals surface area contributed by atoms with Gasteiger partial charge >= 0.3 is 6.09 Å². The van der Waals surface area contributed by atoms with Crippen molar-refractivity contribution in [1.82, 2.24) is 14.7 Å². The molecule has 0 aliphatic carbocycles. The number of amides is 1. The zero-order chi connectivity index (χ0) is 18.4. The first-order chi connectivity index (χ1) is 11.6. The molecule has 2 N–H and O–H groups in total. The molecule has 0 radical (unpaired) electrons. The summed E-state index contributed by atoms with van der Waals surface area (Å²) in [6.07, 6.45) is 0.115. The van der Waals surface area contributed by atoms with Gasteiger partial charge in [0.15, 0.2) is 0 Å². The maximum atomic E-state index is 14.8. The highest BCUT2D eigenvalue weighted by Gasteiger charge is 2.43. The Morgan fingerprint density at radius 3 is 2.80 bits per heavy atom. The average Bonchev–Trinajstić information content (AvgIpc) is 2.81. The van der Waals surface area contributed by atoms with Crippen molar-refractivity contribution in [2.45, 2.75) is 64.6 Å². The third-order valence-corrected chi connectivity index (χ3v) is 4.73. The van der Waals surface area contributed by atoms with Crippen LogP contribution in [0.1, 0.15) is 50.6 Å². The Morgan fingerprint density at radius 1 is 1.44 bits per heavy atom. The van der Waals surface area contributed by atoms with Crippen LogP contribution < -0.4 is 5.73 Å². The largest absolute Gasteiger partial charge is 0.444 e. The van der Waals surface area contributed by atoms with Gasteiger partial charge in [0.2, 0.25) is 0 Å². The summed E-state index contributed by atoms with van der Waals surface area (Å²) in [6, 6.07) is 0. The Labute approximate surface area is 146 Å². The van der Waals surface area contributed by atoms with Gasteiger partial charge in [0.05, 0.1) is 12.2 Å². The second-order valence-electron chi connectivity index (χ2n) is 7.95. The minimum atomic E-state index is -2.96. The van der Waals surface area contributed by atoms with Crippen LogP contribution in [0.4, 0.5) is 13.6 Å². The van der Waals surface area contributed by atoms with Crippen LogP contribution in [0.3, 0.4) is 0 Å². The number of halogens is 2. The van der Waals surface area contributed by atoms with Crippen molar-refractivity contribution in [3.05, 3.63) is 17.0 Å². The van der Waals surface area contributed by atoms with Crippen molar-refractivity contribution in [3.63, 3.8) is 0 Å². The number of alkyl halides is 2. The second-order valence-corrected chi connectivity index (χ2v) is 7.95. The monoisotopic (exact) mass is 356 g/mol. The molecule has 0 bridgehead atoms. The summed E-state index contributed by atoms with van der Waals surface area (Å²) in [7, 11) is 0. The highest BCUT2D eigenvalue weighted by Crippen LogP contribution is 2.41. The van der Waals surface area contributed by atoms with E-state index in [4.69, 9.17) is 10.5 Å². The maximum Gasteiger partial charge on any atom is 0.410 e. The molecular formula is C17H26F2N4O2. The quantitative estimate of drug-likeness (QED) is 0.839. The van der Waals surface area contributed by atoms with E-state index in [2.05, 4.69) is 5.10 Å². The molecule has 6 nitrogen and oxygen atoms in total. The van der Waals surface area contributed by atoms with Crippen molar-refractivity contribution in [3.8, 4) is 0 Å². The van der Waals surface area contributed by atoms with Crippen LogP contribution in [-0.4, -0.2) is 39.5 Å². The summed E-state index contributed by atoms with van der Waals surface area (Å²) in [5.74, 6) is -2.96. The average molecular weight is 356 g/mol. The number of nitrogens with zero attached hydrogens (tertiary/aromatic N) is 3. The summed E-state index contributed by atoms with van der Waals surface area (Å²) < 4.78 is 36.3. The van der Waals surface area contributed by atoms with E-state index >= 15 is 0 Å². The SMILES string of the molecule is CC(C)(C)OC(=O)N1CCc2nn3c(c2C1)C(F)(F)CCC(CN)C3. The topological polar surface area (TPSA) is 73.4 Å². The molecule has 1 aromatic rings. The highest BCUT2D eigenvalue weighted by atomic mass is 19.3. The molecule has 25 heavy (non-hydrogen) atoms. The Bertz CT molecular complexity index is 666. The standard InChI is InChI=1S/C17H26F2N4O2/c1-16(2,3)25-15(24)22-7-5-13-12(10-22)14-17(18,19)6-4-11(8-20)9-23(14)21-13/h11H,4-10,20H2,1-3H3. The van der Waals surface area contributed by atoms with Crippen molar-refractivity contribution in [2.24, 2.45) is 11.7 Å². The second kappa shape index (κ2) is 6.23. The van der Waals surface area contributed by atoms with Crippen LogP contribution in [0.2, 0.25) is 0 Å². The molecule has 3 rings (SSSR count). The molecule has 1 unspecified atom stereocenters. The number of carbonyl (C=O) groups is 1. The molecule has 0 spiro atoms. The van der Waals surface area contributed by atoms with E-state index in [0.717, 1.165) is 0 Å². The lowest BCUT2D eigenvalue weighted by Crippen LogP contribution is -2.40. The Kier molecular flexibility index (Phi) is 4.51. The van der Waals surface area contributed by atoms with Crippen LogP contribution in [0.25, 0.3) is 0 Å². The number of rotatable bonds is 1. The lowest BCUT2D eigenvalue weighted by molar-refractivity contribution is -0.0224. The number of fused-ring (bicyclic) bond motifs is 3. The fourth-order valence-corrected chi connectivity index (χ4v) is 3.48. The van der Waals surface area contributed by atoms with Gasteiger partial charge in [0, 0.05) is 31.5 Å². The minimum absolute atomic E-state index is 0.00423. The Balaban J connectivity index is 1.90. The van der Waals surface area contributed by atoms with Crippen LogP contribution >= 0.6 is 0 Å². The van der Waals surface area contributed by atoms with E-state index in [-0.39, 0.29) is 24.6 Å². The summed E-state index contributed by atoms with van der Waals surface area (Å²) >= 11 is 0. The minimum Gasteiger partial charge on any atom is -0.444 e. The molecule has 0 saturated heterocycles. The fourth-order valence-electron chi connectivity index (χ4n) is 3.48. The van der Waals surface area contributed by atoms with Gasteiger partial charge in [-0.25, -0.2) is 4.79 Å². The molecule has 0 saturated carbocycles. The molecule has 0 fully saturated rings. The summed E-state index contributed by atoms with van der Waals surface area (Å²) in [5.41, 5.74) is 6.17. The van der Waals surface area contributed by atoms with E-state index in [1.165, 1.54) is 9.58 Å². The van der Waals surface area contributed by atoms with Crippen molar-refractivity contribution < 1.29 is 18.3 Å². The highest BCUT2D eigenvalue weighted by molar-refractivity contribution is 5.68. The third kappa shape index (κ3) is 3.63. The number of aromatic nitrogens is 2. The van der Waals surface area contributed by atoms with Gasteiger partial charge in [-0.1, -0.05) is 0 Å². The van der Waals surface area contributed by atoms with Crippen molar-refractivity contribution in [1.29, 1.82) is 0 Å². The first kappa shape index (κ1) is 18.1. The van der Waals surface area contributed by atoms with E-state index in [1.54, 1.807) is 20.8 Å². The number of ether oxygens (including phenoxy) is 1. The number of carbonyl (C=O) groups excluding carboxylic acids is 1. The van der Waals surface area contributed by atoms with Crippen LogP contribution in [0.15, 0.2) is 0 Å². The van der Waals surface area contributed by atoms with Crippen LogP contribution in [0, 0.1) is 5.92 Å². The van der Waals surface area contributed by atoms with E-state index in [0.29, 0.717) is 43.7 Å². The molecule has 3 heterocycles. The molecule has 1 amide bonds. The predicted molar refractivity (Wildman–Crippen MR) is 88.2 cm³/mol. The molecule has 140 valence electrons. The predicted octanol–water partition coefficient (Wildman–Crippen LogP) is 2.64. The smallest absolute Gasteiger partial charge is 0.410 e. The molecule has 0 aromatic carbocycles. The molecule has 1 aromatic heterocycles. The molecule has 1 atom stereocenters. The first-order valence-corrected chi connectivity index (χ1v) is 8.75. The van der Waals surface area contributed by atoms with Gasteiger partial charge < -0.3 is 15.4 Å². The summed E-state index contributed by atoms with van der Waals surface area (Å²) in [4.78, 5) is 13.8. The number of hydrogen-bond acceptors (Lipinski definition) is 4. The lowest BCUT2D eigenvalue weighted by atomic mass is 9.98. The third-order valence-electron chi connectivity index (χ3n) is 4.73. The Morgan fingerprint density at radius 2 is 2.16 bits per heavy atom. The summed E-state index contributed by atoms with van der Waals surface area (Å²) in [6.45, 7) is 6.66. The lowest BCUT2D eigenvalue weighted by Gasteiger charge is -2.30. The van der Waals surface area contributed by atoms with E-state index in [9.17, 15) is 13.6 Å². The zero-order valence-corrected chi connectivity index (χ0v) is 15.0. The molecule has 2 aliphatic heterocycles. The van der Waals surface area contributed by atoms with Gasteiger partial charge in [-0.3, -0.25) is 4.68 Å². The van der Waals surface area contributed by atoms with Crippen LogP contribution in [0.5, 0.6) is 0 Å². The molecule has 2 aliphatic rings. The summed E-state index contributed by atoms with van der Waals surface area (Å²) in [5, 5.41) is 4.42. The molecular weight excluding hydrogens is 330 g/mol. The van der Waals surface area contributed by atoms with Gasteiger partial charge in [-0.2, -0.15) is 13.9 Å².